The van der Waals surface area contributed by atoms with E-state index in [1.165, 1.54) is 0 Å². The Morgan fingerprint density at radius 2 is 2.18 bits per heavy atom. The lowest BCUT2D eigenvalue weighted by Gasteiger charge is -2.21. The van der Waals surface area contributed by atoms with E-state index in [1.54, 1.807) is 25.1 Å². The third-order valence-corrected chi connectivity index (χ3v) is 5.14. The molecule has 1 aliphatic carbocycles. The van der Waals surface area contributed by atoms with E-state index < -0.39 is 26.7 Å². The molecule has 0 aromatic heterocycles. The van der Waals surface area contributed by atoms with Crippen LogP contribution in [0.15, 0.2) is 24.3 Å². The van der Waals surface area contributed by atoms with Gasteiger partial charge in [-0.2, -0.15) is 5.26 Å². The summed E-state index contributed by atoms with van der Waals surface area (Å²) in [6, 6.07) is 9.05. The second kappa shape index (κ2) is 6.07. The van der Waals surface area contributed by atoms with Gasteiger partial charge in [0.1, 0.15) is 0 Å². The summed E-state index contributed by atoms with van der Waals surface area (Å²) in [5.41, 5.74) is 0.764. The predicted octanol–water partition coefficient (Wildman–Crippen LogP) is 1.12. The standard InChI is InChI=1S/C15H19N3O3S/c1-2-4-13(22(17,20)21)14(19)18-15(7-8-15)12-6-3-5-11(9-12)10-16/h3,5-6,9,13H,2,4,7-8H2,1H3,(H,18,19)(H2,17,20,21). The number of nitriles is 1. The van der Waals surface area contributed by atoms with Crippen molar-refractivity contribution in [3.8, 4) is 6.07 Å². The molecule has 3 N–H and O–H groups in total. The molecule has 1 saturated carbocycles. The first-order valence-electron chi connectivity index (χ1n) is 7.16. The average Bonchev–Trinajstić information content (AvgIpc) is 3.24. The van der Waals surface area contributed by atoms with Crippen LogP contribution in [0.25, 0.3) is 0 Å². The molecule has 0 spiro atoms. The number of rotatable bonds is 6. The molecule has 1 aromatic carbocycles. The summed E-state index contributed by atoms with van der Waals surface area (Å²) in [5.74, 6) is -0.566. The largest absolute Gasteiger partial charge is 0.345 e. The summed E-state index contributed by atoms with van der Waals surface area (Å²) >= 11 is 0. The van der Waals surface area contributed by atoms with Crippen LogP contribution in [-0.4, -0.2) is 19.6 Å². The van der Waals surface area contributed by atoms with Crippen molar-refractivity contribution >= 4 is 15.9 Å². The van der Waals surface area contributed by atoms with Crippen molar-refractivity contribution in [1.29, 1.82) is 5.26 Å². The Balaban J connectivity index is 2.21. The zero-order chi connectivity index (χ0) is 16.4. The van der Waals surface area contributed by atoms with E-state index in [1.807, 2.05) is 6.07 Å². The highest BCUT2D eigenvalue weighted by Gasteiger charge is 2.47. The van der Waals surface area contributed by atoms with Crippen LogP contribution in [0, 0.1) is 11.3 Å². The number of sulfonamides is 1. The van der Waals surface area contributed by atoms with Gasteiger partial charge in [0.05, 0.1) is 17.2 Å². The van der Waals surface area contributed by atoms with E-state index in [4.69, 9.17) is 10.4 Å². The van der Waals surface area contributed by atoms with Crippen molar-refractivity contribution in [2.24, 2.45) is 5.14 Å². The third kappa shape index (κ3) is 3.46. The lowest BCUT2D eigenvalue weighted by Crippen LogP contribution is -2.46. The van der Waals surface area contributed by atoms with E-state index in [0.29, 0.717) is 12.0 Å². The summed E-state index contributed by atoms with van der Waals surface area (Å²) in [7, 11) is -3.93. The summed E-state index contributed by atoms with van der Waals surface area (Å²) in [6.45, 7) is 1.80. The number of hydrogen-bond acceptors (Lipinski definition) is 4. The van der Waals surface area contributed by atoms with Crippen LogP contribution < -0.4 is 10.5 Å². The molecule has 0 bridgehead atoms. The molecule has 1 aliphatic rings. The number of primary sulfonamides is 1. The first-order valence-corrected chi connectivity index (χ1v) is 8.77. The minimum Gasteiger partial charge on any atom is -0.345 e. The number of nitrogens with two attached hydrogens (primary N) is 1. The van der Waals surface area contributed by atoms with Gasteiger partial charge in [-0.15, -0.1) is 0 Å². The summed E-state index contributed by atoms with van der Waals surface area (Å²) < 4.78 is 23.2. The van der Waals surface area contributed by atoms with Gasteiger partial charge in [0.2, 0.25) is 15.9 Å². The van der Waals surface area contributed by atoms with E-state index in [9.17, 15) is 13.2 Å². The number of nitrogens with zero attached hydrogens (tertiary/aromatic N) is 1. The van der Waals surface area contributed by atoms with Crippen LogP contribution in [0.4, 0.5) is 0 Å². The molecule has 0 aliphatic heterocycles. The van der Waals surface area contributed by atoms with E-state index >= 15 is 0 Å². The monoisotopic (exact) mass is 321 g/mol. The van der Waals surface area contributed by atoms with Crippen molar-refractivity contribution in [2.75, 3.05) is 0 Å². The molecular formula is C15H19N3O3S. The van der Waals surface area contributed by atoms with Crippen molar-refractivity contribution in [2.45, 2.75) is 43.4 Å². The van der Waals surface area contributed by atoms with Crippen LogP contribution in [0.5, 0.6) is 0 Å². The van der Waals surface area contributed by atoms with Gasteiger partial charge in [0.25, 0.3) is 0 Å². The normalized spacial score (nSPS) is 17.3. The maximum absolute atomic E-state index is 12.3. The van der Waals surface area contributed by atoms with Crippen LogP contribution >= 0.6 is 0 Å². The summed E-state index contributed by atoms with van der Waals surface area (Å²) in [6.07, 6.45) is 2.18. The molecule has 1 atom stereocenters. The minimum absolute atomic E-state index is 0.193. The predicted molar refractivity (Wildman–Crippen MR) is 82.0 cm³/mol. The Morgan fingerprint density at radius 3 is 2.68 bits per heavy atom. The van der Waals surface area contributed by atoms with Gasteiger partial charge < -0.3 is 5.32 Å². The van der Waals surface area contributed by atoms with Crippen LogP contribution in [-0.2, 0) is 20.4 Å². The fourth-order valence-electron chi connectivity index (χ4n) is 2.52. The Morgan fingerprint density at radius 1 is 1.50 bits per heavy atom. The van der Waals surface area contributed by atoms with Crippen molar-refractivity contribution < 1.29 is 13.2 Å². The Bertz CT molecular complexity index is 718. The zero-order valence-corrected chi connectivity index (χ0v) is 13.2. The second-order valence-corrected chi connectivity index (χ2v) is 7.38. The average molecular weight is 321 g/mol. The van der Waals surface area contributed by atoms with Gasteiger partial charge >= 0.3 is 0 Å². The van der Waals surface area contributed by atoms with Crippen molar-refractivity contribution in [3.05, 3.63) is 35.4 Å². The Hall–Kier alpha value is -1.91. The van der Waals surface area contributed by atoms with Gasteiger partial charge in [-0.3, -0.25) is 4.79 Å². The molecule has 1 fully saturated rings. The molecule has 7 heteroatoms. The molecule has 1 amide bonds. The van der Waals surface area contributed by atoms with Gasteiger partial charge in [0, 0.05) is 0 Å². The lowest BCUT2D eigenvalue weighted by atomic mass is 10.0. The maximum atomic E-state index is 12.3. The number of carbonyl (C=O) groups excluding carboxylic acids is 1. The third-order valence-electron chi connectivity index (χ3n) is 3.90. The SMILES string of the molecule is CCCC(C(=O)NC1(c2cccc(C#N)c2)CC1)S(N)(=O)=O. The number of amides is 1. The molecule has 2 rings (SSSR count). The maximum Gasteiger partial charge on any atom is 0.240 e. The topological polar surface area (TPSA) is 113 Å². The Kier molecular flexibility index (Phi) is 4.54. The second-order valence-electron chi connectivity index (χ2n) is 5.63. The number of nitrogens with one attached hydrogen (secondary N) is 1. The summed E-state index contributed by atoms with van der Waals surface area (Å²) in [5, 5.41) is 15.7. The molecule has 1 aromatic rings. The number of benzene rings is 1. The Labute approximate surface area is 130 Å². The molecule has 6 nitrogen and oxygen atoms in total. The van der Waals surface area contributed by atoms with Crippen LogP contribution in [0.1, 0.15) is 43.7 Å². The van der Waals surface area contributed by atoms with Gasteiger partial charge in [0.15, 0.2) is 5.25 Å². The van der Waals surface area contributed by atoms with E-state index in [-0.39, 0.29) is 6.42 Å². The first kappa shape index (κ1) is 16.5. The zero-order valence-electron chi connectivity index (χ0n) is 12.4. The van der Waals surface area contributed by atoms with Crippen LogP contribution in [0.3, 0.4) is 0 Å². The summed E-state index contributed by atoms with van der Waals surface area (Å²) in [4.78, 5) is 12.3. The van der Waals surface area contributed by atoms with E-state index in [2.05, 4.69) is 11.4 Å². The lowest BCUT2D eigenvalue weighted by molar-refractivity contribution is -0.121. The smallest absolute Gasteiger partial charge is 0.240 e. The molecule has 1 unspecified atom stereocenters. The highest BCUT2D eigenvalue weighted by molar-refractivity contribution is 7.90. The van der Waals surface area contributed by atoms with Gasteiger partial charge in [-0.1, -0.05) is 25.5 Å². The van der Waals surface area contributed by atoms with Crippen molar-refractivity contribution in [3.63, 3.8) is 0 Å². The number of hydrogen-bond donors (Lipinski definition) is 2. The van der Waals surface area contributed by atoms with Gasteiger partial charge in [-0.25, -0.2) is 13.6 Å². The van der Waals surface area contributed by atoms with Crippen LogP contribution in [0.2, 0.25) is 0 Å². The number of carbonyl (C=O) groups is 1. The molecule has 0 heterocycles. The first-order chi connectivity index (χ1) is 10.3. The quantitative estimate of drug-likeness (QED) is 0.817. The molecular weight excluding hydrogens is 302 g/mol. The molecule has 22 heavy (non-hydrogen) atoms. The van der Waals surface area contributed by atoms with Gasteiger partial charge in [-0.05, 0) is 37.0 Å². The fraction of sp³-hybridized carbons (Fsp3) is 0.467. The highest BCUT2D eigenvalue weighted by Crippen LogP contribution is 2.45. The molecule has 0 saturated heterocycles. The van der Waals surface area contributed by atoms with Crippen molar-refractivity contribution in [1.82, 2.24) is 5.32 Å². The fourth-order valence-corrected chi connectivity index (χ4v) is 3.44. The highest BCUT2D eigenvalue weighted by atomic mass is 32.2. The molecule has 118 valence electrons. The van der Waals surface area contributed by atoms with E-state index in [0.717, 1.165) is 18.4 Å². The minimum atomic E-state index is -3.93. The molecule has 0 radical (unpaired) electrons.